The molecular formula is C33H40. The van der Waals surface area contributed by atoms with Crippen LogP contribution in [0.4, 0.5) is 0 Å². The molecule has 0 aliphatic heterocycles. The lowest BCUT2D eigenvalue weighted by Gasteiger charge is -2.67. The van der Waals surface area contributed by atoms with Gasteiger partial charge >= 0.3 is 0 Å². The van der Waals surface area contributed by atoms with Gasteiger partial charge in [0, 0.05) is 0 Å². The van der Waals surface area contributed by atoms with E-state index in [0.29, 0.717) is 10.8 Å². The summed E-state index contributed by atoms with van der Waals surface area (Å²) in [5.74, 6) is 7.03. The molecule has 0 heterocycles. The van der Waals surface area contributed by atoms with Crippen LogP contribution in [0.2, 0.25) is 0 Å². The summed E-state index contributed by atoms with van der Waals surface area (Å²) in [6.07, 6.45) is 18.7. The topological polar surface area (TPSA) is 0 Å². The van der Waals surface area contributed by atoms with Gasteiger partial charge in [0.05, 0.1) is 0 Å². The fraction of sp³-hybridized carbons (Fsp3) is 0.636. The summed E-state index contributed by atoms with van der Waals surface area (Å²) in [5.41, 5.74) is 5.95. The van der Waals surface area contributed by atoms with Crippen molar-refractivity contribution >= 4 is 0 Å². The van der Waals surface area contributed by atoms with Crippen molar-refractivity contribution in [2.24, 2.45) is 46.3 Å². The van der Waals surface area contributed by atoms with E-state index in [4.69, 9.17) is 0 Å². The second-order valence-electron chi connectivity index (χ2n) is 13.9. The van der Waals surface area contributed by atoms with E-state index in [9.17, 15) is 0 Å². The molecule has 0 heteroatoms. The zero-order valence-electron chi connectivity index (χ0n) is 20.2. The van der Waals surface area contributed by atoms with Crippen LogP contribution in [0.5, 0.6) is 0 Å². The predicted octanol–water partition coefficient (Wildman–Crippen LogP) is 8.87. The van der Waals surface area contributed by atoms with Crippen LogP contribution in [0, 0.1) is 46.3 Å². The van der Waals surface area contributed by atoms with E-state index in [2.05, 4.69) is 54.6 Å². The second-order valence-corrected chi connectivity index (χ2v) is 13.9. The lowest BCUT2D eigenvalue weighted by Crippen LogP contribution is -2.57. The van der Waals surface area contributed by atoms with Crippen molar-refractivity contribution in [3.63, 3.8) is 0 Å². The number of hydrogen-bond acceptors (Lipinski definition) is 0. The molecule has 0 radical (unpaired) electrons. The Morgan fingerprint density at radius 1 is 0.485 bits per heavy atom. The molecule has 2 aromatic rings. The summed E-state index contributed by atoms with van der Waals surface area (Å²) in [6, 6.07) is 21.2. The third-order valence-electron chi connectivity index (χ3n) is 11.8. The number of rotatable bonds is 4. The molecule has 10 rings (SSSR count). The molecule has 33 heavy (non-hydrogen) atoms. The summed E-state index contributed by atoms with van der Waals surface area (Å²) < 4.78 is 0. The van der Waals surface area contributed by atoms with Crippen LogP contribution in [0.1, 0.15) is 88.5 Å². The van der Waals surface area contributed by atoms with Crippen molar-refractivity contribution in [1.29, 1.82) is 0 Å². The van der Waals surface area contributed by atoms with Crippen LogP contribution in [0.25, 0.3) is 11.1 Å². The normalized spacial score (nSPS) is 45.5. The van der Waals surface area contributed by atoms with Gasteiger partial charge in [0.2, 0.25) is 0 Å². The highest BCUT2D eigenvalue weighted by atomic mass is 14.7. The molecule has 8 bridgehead atoms. The Hall–Kier alpha value is -1.56. The Labute approximate surface area is 200 Å². The lowest BCUT2D eigenvalue weighted by atomic mass is 9.37. The lowest BCUT2D eigenvalue weighted by molar-refractivity contribution is -0.144. The van der Waals surface area contributed by atoms with E-state index in [0.717, 1.165) is 41.4 Å². The molecule has 0 unspecified atom stereocenters. The molecule has 0 nitrogen and oxygen atoms in total. The average Bonchev–Trinajstić information content (AvgIpc) is 2.78. The molecule has 0 spiro atoms. The first kappa shape index (κ1) is 19.7. The predicted molar refractivity (Wildman–Crippen MR) is 136 cm³/mol. The van der Waals surface area contributed by atoms with Gasteiger partial charge in [0.1, 0.15) is 0 Å². The fourth-order valence-corrected chi connectivity index (χ4v) is 12.0. The maximum Gasteiger partial charge on any atom is -0.00420 e. The van der Waals surface area contributed by atoms with Gasteiger partial charge in [-0.15, -0.1) is 0 Å². The van der Waals surface area contributed by atoms with Crippen LogP contribution >= 0.6 is 0 Å². The Bertz CT molecular complexity index is 930. The summed E-state index contributed by atoms with van der Waals surface area (Å²) in [7, 11) is 0. The molecule has 0 aromatic heterocycles. The van der Waals surface area contributed by atoms with E-state index in [1.165, 1.54) is 5.56 Å². The molecule has 0 atom stereocenters. The highest BCUT2D eigenvalue weighted by Crippen LogP contribution is 2.74. The van der Waals surface area contributed by atoms with Crippen molar-refractivity contribution in [2.75, 3.05) is 0 Å². The summed E-state index contributed by atoms with van der Waals surface area (Å²) >= 11 is 0. The van der Waals surface area contributed by atoms with Gasteiger partial charge in [-0.1, -0.05) is 54.6 Å². The molecule has 0 amide bonds. The molecule has 8 saturated carbocycles. The third kappa shape index (κ3) is 2.94. The largest absolute Gasteiger partial charge is 0.0622 e. The standard InChI is InChI=1S/C33H40/c1-2-6-28(7-3-1)29-8-4-5-9-30(29)31(32-16-22-10-23(17-32)12-24(11-22)18-32)33-19-25-13-26(20-33)15-27(14-25)21-33/h1-9,22-27,31H,10-21H2. The Morgan fingerprint density at radius 2 is 0.879 bits per heavy atom. The van der Waals surface area contributed by atoms with E-state index in [-0.39, 0.29) is 0 Å². The van der Waals surface area contributed by atoms with Gasteiger partial charge in [0.15, 0.2) is 0 Å². The van der Waals surface area contributed by atoms with Gasteiger partial charge in [0.25, 0.3) is 0 Å². The Balaban J connectivity index is 1.33. The van der Waals surface area contributed by atoms with Crippen LogP contribution in [0.15, 0.2) is 54.6 Å². The Kier molecular flexibility index (Phi) is 4.18. The highest BCUT2D eigenvalue weighted by Gasteiger charge is 2.63. The molecule has 8 aliphatic carbocycles. The quantitative estimate of drug-likeness (QED) is 0.449. The van der Waals surface area contributed by atoms with Crippen molar-refractivity contribution < 1.29 is 0 Å². The fourth-order valence-electron chi connectivity index (χ4n) is 12.0. The molecule has 8 aliphatic rings. The maximum atomic E-state index is 2.60. The van der Waals surface area contributed by atoms with E-state index in [1.807, 2.05) is 0 Å². The van der Waals surface area contributed by atoms with Crippen LogP contribution < -0.4 is 0 Å². The number of benzene rings is 2. The van der Waals surface area contributed by atoms with Crippen LogP contribution in [-0.2, 0) is 0 Å². The minimum Gasteiger partial charge on any atom is -0.0622 e. The molecule has 0 saturated heterocycles. The van der Waals surface area contributed by atoms with Crippen molar-refractivity contribution in [3.05, 3.63) is 60.2 Å². The van der Waals surface area contributed by atoms with Crippen LogP contribution in [-0.4, -0.2) is 0 Å². The molecule has 0 N–H and O–H groups in total. The van der Waals surface area contributed by atoms with Gasteiger partial charge in [-0.3, -0.25) is 0 Å². The Morgan fingerprint density at radius 3 is 1.33 bits per heavy atom. The first-order valence-corrected chi connectivity index (χ1v) is 14.3. The van der Waals surface area contributed by atoms with Crippen LogP contribution in [0.3, 0.4) is 0 Å². The molecule has 172 valence electrons. The van der Waals surface area contributed by atoms with E-state index < -0.39 is 0 Å². The van der Waals surface area contributed by atoms with Gasteiger partial charge < -0.3 is 0 Å². The van der Waals surface area contributed by atoms with Gasteiger partial charge in [-0.2, -0.15) is 0 Å². The van der Waals surface area contributed by atoms with Crippen molar-refractivity contribution in [1.82, 2.24) is 0 Å². The summed E-state index contributed by atoms with van der Waals surface area (Å²) in [6.45, 7) is 0. The first-order valence-electron chi connectivity index (χ1n) is 14.3. The molecule has 8 fully saturated rings. The molecule has 2 aromatic carbocycles. The second kappa shape index (κ2) is 6.99. The third-order valence-corrected chi connectivity index (χ3v) is 11.8. The maximum absolute atomic E-state index is 2.60. The minimum absolute atomic E-state index is 0.589. The van der Waals surface area contributed by atoms with Crippen molar-refractivity contribution in [3.8, 4) is 11.1 Å². The van der Waals surface area contributed by atoms with Gasteiger partial charge in [-0.25, -0.2) is 0 Å². The average molecular weight is 437 g/mol. The van der Waals surface area contributed by atoms with E-state index >= 15 is 0 Å². The zero-order valence-corrected chi connectivity index (χ0v) is 20.2. The number of hydrogen-bond donors (Lipinski definition) is 0. The zero-order chi connectivity index (χ0) is 21.6. The van der Waals surface area contributed by atoms with Gasteiger partial charge in [-0.05, 0) is 146 Å². The summed E-state index contributed by atoms with van der Waals surface area (Å²) in [4.78, 5) is 0. The SMILES string of the molecule is c1ccc(-c2ccccc2C(C23CC4CC(CC(C4)C2)C3)C23CC4CC(CC(C4)C2)C3)cc1. The summed E-state index contributed by atoms with van der Waals surface area (Å²) in [5, 5.41) is 0. The van der Waals surface area contributed by atoms with E-state index in [1.54, 1.807) is 88.2 Å². The smallest absolute Gasteiger partial charge is 0.00420 e. The molecular weight excluding hydrogens is 396 g/mol. The minimum atomic E-state index is 0.589. The first-order chi connectivity index (χ1) is 16.2. The highest BCUT2D eigenvalue weighted by molar-refractivity contribution is 5.68. The monoisotopic (exact) mass is 436 g/mol. The van der Waals surface area contributed by atoms with Crippen molar-refractivity contribution in [2.45, 2.75) is 83.0 Å².